The number of carbonyl (C=O) groups excluding carboxylic acids is 1. The summed E-state index contributed by atoms with van der Waals surface area (Å²) < 4.78 is 32.3. The Kier molecular flexibility index (Phi) is 9.35. The van der Waals surface area contributed by atoms with Gasteiger partial charge in [0, 0.05) is 18.3 Å². The summed E-state index contributed by atoms with van der Waals surface area (Å²) in [5.41, 5.74) is 5.88. The Morgan fingerprint density at radius 1 is 1.19 bits per heavy atom. The number of hydrogen-bond acceptors (Lipinski definition) is 5. The van der Waals surface area contributed by atoms with E-state index in [1.54, 1.807) is 24.3 Å². The molecule has 26 heavy (non-hydrogen) atoms. The highest BCUT2D eigenvalue weighted by molar-refractivity contribution is 7.90. The molecule has 0 heterocycles. The van der Waals surface area contributed by atoms with Crippen molar-refractivity contribution in [2.24, 2.45) is 11.7 Å². The molecule has 9 heteroatoms. The smallest absolute Gasteiger partial charge is 0.240 e. The highest BCUT2D eigenvalue weighted by Gasteiger charge is 2.24. The maximum Gasteiger partial charge on any atom is 0.240 e. The average Bonchev–Trinajstić information content (AvgIpc) is 2.55. The lowest BCUT2D eigenvalue weighted by Gasteiger charge is -2.26. The van der Waals surface area contributed by atoms with Crippen molar-refractivity contribution in [3.63, 3.8) is 0 Å². The third kappa shape index (κ3) is 7.90. The molecule has 7 nitrogen and oxygen atoms in total. The minimum atomic E-state index is -3.64. The SMILES string of the molecule is CC1CCC(NS(=O)(=O)CC(=O)Nc2ccc(OCCN)cc2)CC1.Cl. The molecule has 0 radical (unpaired) electrons. The fourth-order valence-corrected chi connectivity index (χ4v) is 4.10. The summed E-state index contributed by atoms with van der Waals surface area (Å²) in [6.07, 6.45) is 3.68. The maximum absolute atomic E-state index is 12.1. The lowest BCUT2D eigenvalue weighted by Crippen LogP contribution is -2.41. The van der Waals surface area contributed by atoms with Crippen molar-refractivity contribution in [2.45, 2.75) is 38.6 Å². The lowest BCUT2D eigenvalue weighted by molar-refractivity contribution is -0.113. The third-order valence-corrected chi connectivity index (χ3v) is 5.54. The zero-order chi connectivity index (χ0) is 18.3. The van der Waals surface area contributed by atoms with Gasteiger partial charge in [-0.1, -0.05) is 6.92 Å². The first-order chi connectivity index (χ1) is 11.9. The number of hydrogen-bond donors (Lipinski definition) is 3. The quantitative estimate of drug-likeness (QED) is 0.611. The fourth-order valence-electron chi connectivity index (χ4n) is 2.85. The minimum Gasteiger partial charge on any atom is -0.492 e. The Bertz CT molecular complexity index is 659. The molecule has 0 atom stereocenters. The van der Waals surface area contributed by atoms with Gasteiger partial charge >= 0.3 is 0 Å². The summed E-state index contributed by atoms with van der Waals surface area (Å²) in [5, 5.41) is 2.59. The minimum absolute atomic E-state index is 0. The summed E-state index contributed by atoms with van der Waals surface area (Å²) in [6.45, 7) is 3.00. The van der Waals surface area contributed by atoms with Crippen molar-refractivity contribution in [3.05, 3.63) is 24.3 Å². The monoisotopic (exact) mass is 405 g/mol. The molecular formula is C17H28ClN3O4S. The van der Waals surface area contributed by atoms with Gasteiger partial charge in [0.25, 0.3) is 0 Å². The largest absolute Gasteiger partial charge is 0.492 e. The zero-order valence-corrected chi connectivity index (χ0v) is 16.6. The van der Waals surface area contributed by atoms with E-state index >= 15 is 0 Å². The molecule has 1 aliphatic rings. The number of ether oxygens (including phenoxy) is 1. The Morgan fingerprint density at radius 2 is 1.81 bits per heavy atom. The van der Waals surface area contributed by atoms with Crippen LogP contribution in [0.15, 0.2) is 24.3 Å². The zero-order valence-electron chi connectivity index (χ0n) is 14.9. The molecule has 1 amide bonds. The van der Waals surface area contributed by atoms with Crippen molar-refractivity contribution in [1.82, 2.24) is 4.72 Å². The van der Waals surface area contributed by atoms with Gasteiger partial charge in [-0.3, -0.25) is 4.79 Å². The highest BCUT2D eigenvalue weighted by atomic mass is 35.5. The van der Waals surface area contributed by atoms with E-state index in [9.17, 15) is 13.2 Å². The third-order valence-electron chi connectivity index (χ3n) is 4.21. The first kappa shape index (κ1) is 22.7. The van der Waals surface area contributed by atoms with Crippen LogP contribution in [0.1, 0.15) is 32.6 Å². The second-order valence-corrected chi connectivity index (χ2v) is 8.30. The summed E-state index contributed by atoms with van der Waals surface area (Å²) in [6, 6.07) is 6.65. The van der Waals surface area contributed by atoms with Gasteiger partial charge in [0.2, 0.25) is 15.9 Å². The van der Waals surface area contributed by atoms with Crippen molar-refractivity contribution < 1.29 is 17.9 Å². The van der Waals surface area contributed by atoms with Gasteiger partial charge in [-0.2, -0.15) is 0 Å². The number of nitrogens with one attached hydrogen (secondary N) is 2. The van der Waals surface area contributed by atoms with Crippen molar-refractivity contribution >= 4 is 34.0 Å². The molecular weight excluding hydrogens is 378 g/mol. The Morgan fingerprint density at radius 3 is 2.38 bits per heavy atom. The van der Waals surface area contributed by atoms with Crippen molar-refractivity contribution in [2.75, 3.05) is 24.2 Å². The summed E-state index contributed by atoms with van der Waals surface area (Å²) in [4.78, 5) is 12.0. The molecule has 2 rings (SSSR count). The van der Waals surface area contributed by atoms with E-state index in [0.29, 0.717) is 30.5 Å². The second kappa shape index (κ2) is 10.7. The van der Waals surface area contributed by atoms with E-state index in [1.807, 2.05) is 0 Å². The van der Waals surface area contributed by atoms with Crippen LogP contribution in [-0.4, -0.2) is 39.3 Å². The van der Waals surface area contributed by atoms with Crippen molar-refractivity contribution in [3.8, 4) is 5.75 Å². The number of anilines is 1. The van der Waals surface area contributed by atoms with Crippen LogP contribution in [0.25, 0.3) is 0 Å². The Hall–Kier alpha value is -1.35. The number of rotatable bonds is 8. The lowest BCUT2D eigenvalue weighted by atomic mass is 9.88. The van der Waals surface area contributed by atoms with E-state index in [-0.39, 0.29) is 18.4 Å². The van der Waals surface area contributed by atoms with Crippen LogP contribution in [0.3, 0.4) is 0 Å². The Balaban J connectivity index is 0.00000338. The van der Waals surface area contributed by atoms with Crippen molar-refractivity contribution in [1.29, 1.82) is 0 Å². The molecule has 0 aromatic heterocycles. The average molecular weight is 406 g/mol. The molecule has 1 fully saturated rings. The molecule has 1 saturated carbocycles. The highest BCUT2D eigenvalue weighted by Crippen LogP contribution is 2.24. The molecule has 148 valence electrons. The molecule has 0 aliphatic heterocycles. The Labute approximate surface area is 161 Å². The topological polar surface area (TPSA) is 111 Å². The summed E-state index contributed by atoms with van der Waals surface area (Å²) >= 11 is 0. The van der Waals surface area contributed by atoms with E-state index < -0.39 is 21.7 Å². The van der Waals surface area contributed by atoms with Crippen LogP contribution < -0.4 is 20.5 Å². The molecule has 0 spiro atoms. The maximum atomic E-state index is 12.1. The van der Waals surface area contributed by atoms with Gasteiger partial charge in [0.1, 0.15) is 18.1 Å². The van der Waals surface area contributed by atoms with E-state index in [0.717, 1.165) is 25.7 Å². The van der Waals surface area contributed by atoms with Crippen LogP contribution in [0, 0.1) is 5.92 Å². The van der Waals surface area contributed by atoms with Gasteiger partial charge in [-0.25, -0.2) is 13.1 Å². The molecule has 1 aliphatic carbocycles. The van der Waals surface area contributed by atoms with E-state index in [2.05, 4.69) is 17.0 Å². The standard InChI is InChI=1S/C17H27N3O4S.ClH/c1-13-2-4-15(5-3-13)20-25(22,23)12-17(21)19-14-6-8-16(9-7-14)24-11-10-18;/h6-9,13,15,20H,2-5,10-12,18H2,1H3,(H,19,21);1H. The normalized spacial score (nSPS) is 20.1. The number of halogens is 1. The van der Waals surface area contributed by atoms with Gasteiger partial charge in [0.05, 0.1) is 0 Å². The van der Waals surface area contributed by atoms with Gasteiger partial charge in [-0.05, 0) is 55.9 Å². The van der Waals surface area contributed by atoms with Gasteiger partial charge in [-0.15, -0.1) is 12.4 Å². The predicted octanol–water partition coefficient (Wildman–Crippen LogP) is 1.88. The number of benzene rings is 1. The predicted molar refractivity (Wildman–Crippen MR) is 105 cm³/mol. The number of nitrogens with two attached hydrogens (primary N) is 1. The van der Waals surface area contributed by atoms with E-state index in [4.69, 9.17) is 10.5 Å². The fraction of sp³-hybridized carbons (Fsp3) is 0.588. The molecule has 0 unspecified atom stereocenters. The first-order valence-electron chi connectivity index (χ1n) is 8.61. The molecule has 1 aromatic carbocycles. The molecule has 4 N–H and O–H groups in total. The van der Waals surface area contributed by atoms with Crippen LogP contribution in [0.4, 0.5) is 5.69 Å². The molecule has 1 aromatic rings. The van der Waals surface area contributed by atoms with Crippen LogP contribution in [0.5, 0.6) is 5.75 Å². The van der Waals surface area contributed by atoms with Crippen LogP contribution >= 0.6 is 12.4 Å². The van der Waals surface area contributed by atoms with Crippen LogP contribution in [0.2, 0.25) is 0 Å². The summed E-state index contributed by atoms with van der Waals surface area (Å²) in [5.74, 6) is 0.141. The van der Waals surface area contributed by atoms with E-state index in [1.165, 1.54) is 0 Å². The second-order valence-electron chi connectivity index (χ2n) is 6.54. The molecule has 0 saturated heterocycles. The van der Waals surface area contributed by atoms with Gasteiger partial charge in [0.15, 0.2) is 0 Å². The van der Waals surface area contributed by atoms with Gasteiger partial charge < -0.3 is 15.8 Å². The van der Waals surface area contributed by atoms with Crippen LogP contribution in [-0.2, 0) is 14.8 Å². The number of carbonyl (C=O) groups is 1. The number of amides is 1. The number of sulfonamides is 1. The summed E-state index contributed by atoms with van der Waals surface area (Å²) in [7, 11) is -3.64. The first-order valence-corrected chi connectivity index (χ1v) is 10.3. The molecule has 0 bridgehead atoms.